The van der Waals surface area contributed by atoms with Crippen LogP contribution in [0.25, 0.3) is 0 Å². The summed E-state index contributed by atoms with van der Waals surface area (Å²) in [5, 5.41) is 3.91. The van der Waals surface area contributed by atoms with Crippen LogP contribution in [0.2, 0.25) is 0 Å². The molecule has 0 spiro atoms. The molecular formula is C12H15NO. The Hall–Kier alpha value is -1.31. The Balaban J connectivity index is 2.28. The predicted octanol–water partition coefficient (Wildman–Crippen LogP) is 3.09. The molecule has 1 aromatic rings. The predicted molar refractivity (Wildman–Crippen MR) is 57.2 cm³/mol. The first kappa shape index (κ1) is 9.25. The van der Waals surface area contributed by atoms with E-state index in [4.69, 9.17) is 4.84 Å². The molecule has 74 valence electrons. The molecule has 2 heteroatoms. The molecule has 2 nitrogen and oxygen atoms in total. The minimum absolute atomic E-state index is 0.185. The molecule has 1 unspecified atom stereocenters. The average molecular weight is 189 g/mol. The lowest BCUT2D eigenvalue weighted by atomic mass is 9.87. The number of oxime groups is 1. The molecule has 0 radical (unpaired) electrons. The summed E-state index contributed by atoms with van der Waals surface area (Å²) >= 11 is 0. The van der Waals surface area contributed by atoms with Gasteiger partial charge in [0.15, 0.2) is 5.60 Å². The zero-order valence-electron chi connectivity index (χ0n) is 8.44. The van der Waals surface area contributed by atoms with Crippen molar-refractivity contribution in [1.82, 2.24) is 0 Å². The topological polar surface area (TPSA) is 21.6 Å². The van der Waals surface area contributed by atoms with Crippen LogP contribution in [0.5, 0.6) is 0 Å². The Bertz CT molecular complexity index is 310. The fourth-order valence-electron chi connectivity index (χ4n) is 1.97. The highest BCUT2D eigenvalue weighted by atomic mass is 16.7. The number of nitrogens with zero attached hydrogens (tertiary/aromatic N) is 1. The van der Waals surface area contributed by atoms with Gasteiger partial charge in [-0.3, -0.25) is 0 Å². The van der Waals surface area contributed by atoms with Crippen LogP contribution in [0, 0.1) is 0 Å². The first-order valence-electron chi connectivity index (χ1n) is 5.13. The van der Waals surface area contributed by atoms with E-state index in [1.165, 1.54) is 5.56 Å². The summed E-state index contributed by atoms with van der Waals surface area (Å²) < 4.78 is 0. The summed E-state index contributed by atoms with van der Waals surface area (Å²) in [4.78, 5) is 5.54. The van der Waals surface area contributed by atoms with E-state index in [0.717, 1.165) is 19.3 Å². The molecule has 0 aliphatic carbocycles. The second kappa shape index (κ2) is 3.82. The van der Waals surface area contributed by atoms with Crippen LogP contribution in [0.1, 0.15) is 31.7 Å². The van der Waals surface area contributed by atoms with E-state index in [-0.39, 0.29) is 5.60 Å². The number of benzene rings is 1. The molecular weight excluding hydrogens is 174 g/mol. The van der Waals surface area contributed by atoms with Gasteiger partial charge in [-0.25, -0.2) is 0 Å². The van der Waals surface area contributed by atoms with Gasteiger partial charge in [0.2, 0.25) is 0 Å². The van der Waals surface area contributed by atoms with Crippen molar-refractivity contribution < 1.29 is 4.84 Å². The maximum absolute atomic E-state index is 5.54. The molecule has 1 aliphatic rings. The zero-order valence-corrected chi connectivity index (χ0v) is 8.44. The van der Waals surface area contributed by atoms with Crippen LogP contribution in [0.4, 0.5) is 0 Å². The normalized spacial score (nSPS) is 24.9. The van der Waals surface area contributed by atoms with Crippen LogP contribution in [-0.2, 0) is 10.4 Å². The molecule has 1 heterocycles. The smallest absolute Gasteiger partial charge is 0.167 e. The third-order valence-corrected chi connectivity index (χ3v) is 2.68. The molecule has 0 saturated heterocycles. The van der Waals surface area contributed by atoms with Crippen molar-refractivity contribution in [3.05, 3.63) is 35.9 Å². The molecule has 1 aromatic carbocycles. The van der Waals surface area contributed by atoms with Crippen molar-refractivity contribution >= 4 is 6.21 Å². The van der Waals surface area contributed by atoms with Gasteiger partial charge in [-0.15, -0.1) is 0 Å². The molecule has 1 atom stereocenters. The summed E-state index contributed by atoms with van der Waals surface area (Å²) in [6.07, 6.45) is 4.89. The van der Waals surface area contributed by atoms with Crippen LogP contribution < -0.4 is 0 Å². The van der Waals surface area contributed by atoms with Crippen LogP contribution in [0.15, 0.2) is 35.5 Å². The number of rotatable bonds is 3. The van der Waals surface area contributed by atoms with Gasteiger partial charge >= 0.3 is 0 Å². The summed E-state index contributed by atoms with van der Waals surface area (Å²) in [6, 6.07) is 10.4. The molecule has 2 rings (SSSR count). The fraction of sp³-hybridized carbons (Fsp3) is 0.417. The first-order valence-corrected chi connectivity index (χ1v) is 5.13. The molecule has 0 bridgehead atoms. The van der Waals surface area contributed by atoms with E-state index >= 15 is 0 Å². The van der Waals surface area contributed by atoms with Crippen LogP contribution in [0.3, 0.4) is 0 Å². The molecule has 0 aromatic heterocycles. The summed E-state index contributed by atoms with van der Waals surface area (Å²) in [5.74, 6) is 0. The van der Waals surface area contributed by atoms with Gasteiger partial charge in [-0.1, -0.05) is 48.8 Å². The lowest BCUT2D eigenvalue weighted by molar-refractivity contribution is -0.0305. The average Bonchev–Trinajstić information content (AvgIpc) is 2.70. The third-order valence-electron chi connectivity index (χ3n) is 2.68. The highest BCUT2D eigenvalue weighted by molar-refractivity contribution is 5.60. The quantitative estimate of drug-likeness (QED) is 0.716. The van der Waals surface area contributed by atoms with E-state index in [1.807, 2.05) is 12.3 Å². The maximum Gasteiger partial charge on any atom is 0.167 e. The third kappa shape index (κ3) is 1.52. The van der Waals surface area contributed by atoms with Crippen LogP contribution in [-0.4, -0.2) is 6.21 Å². The Morgan fingerprint density at radius 2 is 2.14 bits per heavy atom. The van der Waals surface area contributed by atoms with Crippen molar-refractivity contribution in [2.75, 3.05) is 0 Å². The molecule has 1 aliphatic heterocycles. The largest absolute Gasteiger partial charge is 0.384 e. The van der Waals surface area contributed by atoms with Gasteiger partial charge in [0.05, 0.1) is 0 Å². The summed E-state index contributed by atoms with van der Waals surface area (Å²) in [7, 11) is 0. The highest BCUT2D eigenvalue weighted by Gasteiger charge is 2.35. The van der Waals surface area contributed by atoms with E-state index in [9.17, 15) is 0 Å². The Morgan fingerprint density at radius 3 is 2.71 bits per heavy atom. The number of hydrogen-bond donors (Lipinski definition) is 0. The van der Waals surface area contributed by atoms with Gasteiger partial charge in [0, 0.05) is 12.6 Å². The Kier molecular flexibility index (Phi) is 2.53. The van der Waals surface area contributed by atoms with E-state index in [0.29, 0.717) is 0 Å². The summed E-state index contributed by atoms with van der Waals surface area (Å²) in [6.45, 7) is 2.17. The summed E-state index contributed by atoms with van der Waals surface area (Å²) in [5.41, 5.74) is 1.05. The lowest BCUT2D eigenvalue weighted by Gasteiger charge is -2.26. The van der Waals surface area contributed by atoms with Crippen molar-refractivity contribution in [3.63, 3.8) is 0 Å². The van der Waals surface area contributed by atoms with Gasteiger partial charge < -0.3 is 4.84 Å². The second-order valence-electron chi connectivity index (χ2n) is 3.69. The van der Waals surface area contributed by atoms with E-state index in [1.54, 1.807) is 0 Å². The number of hydrogen-bond acceptors (Lipinski definition) is 2. The second-order valence-corrected chi connectivity index (χ2v) is 3.69. The molecule has 0 amide bonds. The van der Waals surface area contributed by atoms with Gasteiger partial charge in [0.25, 0.3) is 0 Å². The standard InChI is InChI=1S/C12H15NO/c1-2-8-12(9-10-13-14-12)11-6-4-3-5-7-11/h3-7,10H,2,8-9H2,1H3. The monoisotopic (exact) mass is 189 g/mol. The lowest BCUT2D eigenvalue weighted by Crippen LogP contribution is -2.24. The first-order chi connectivity index (χ1) is 6.87. The van der Waals surface area contributed by atoms with E-state index in [2.05, 4.69) is 36.3 Å². The fourth-order valence-corrected chi connectivity index (χ4v) is 1.97. The van der Waals surface area contributed by atoms with Crippen molar-refractivity contribution in [3.8, 4) is 0 Å². The SMILES string of the molecule is CCCC1(c2ccccc2)CC=NO1. The van der Waals surface area contributed by atoms with Crippen molar-refractivity contribution in [1.29, 1.82) is 0 Å². The van der Waals surface area contributed by atoms with Crippen LogP contribution >= 0.6 is 0 Å². The van der Waals surface area contributed by atoms with Gasteiger partial charge in [-0.05, 0) is 12.0 Å². The van der Waals surface area contributed by atoms with Crippen molar-refractivity contribution in [2.45, 2.75) is 31.8 Å². The zero-order chi connectivity index (χ0) is 9.86. The van der Waals surface area contributed by atoms with Gasteiger partial charge in [0.1, 0.15) is 0 Å². The van der Waals surface area contributed by atoms with Crippen molar-refractivity contribution in [2.24, 2.45) is 5.16 Å². The molecule has 0 saturated carbocycles. The highest BCUT2D eigenvalue weighted by Crippen LogP contribution is 2.36. The van der Waals surface area contributed by atoms with Gasteiger partial charge in [-0.2, -0.15) is 0 Å². The Morgan fingerprint density at radius 1 is 1.36 bits per heavy atom. The molecule has 14 heavy (non-hydrogen) atoms. The maximum atomic E-state index is 5.54. The molecule has 0 N–H and O–H groups in total. The Labute approximate surface area is 84.6 Å². The minimum atomic E-state index is -0.185. The molecule has 0 fully saturated rings. The van der Waals surface area contributed by atoms with E-state index < -0.39 is 0 Å². The minimum Gasteiger partial charge on any atom is -0.384 e.